The molecule has 2 N–H and O–H groups in total. The average molecular weight is 573 g/mol. The number of H-pyrrole nitrogens is 1. The number of fused-ring (bicyclic) bond motifs is 2. The summed E-state index contributed by atoms with van der Waals surface area (Å²) in [5, 5.41) is 23.9. The molecule has 1 atom stereocenters. The Morgan fingerprint density at radius 1 is 1.10 bits per heavy atom. The zero-order valence-corrected chi connectivity index (χ0v) is 24.2. The van der Waals surface area contributed by atoms with Crippen molar-refractivity contribution >= 4 is 33.4 Å². The van der Waals surface area contributed by atoms with Crippen molar-refractivity contribution in [1.29, 1.82) is 0 Å². The van der Waals surface area contributed by atoms with Crippen LogP contribution in [0.15, 0.2) is 36.7 Å². The number of aryl methyl sites for hydroxylation is 1. The van der Waals surface area contributed by atoms with Crippen LogP contribution in [0.2, 0.25) is 5.02 Å². The van der Waals surface area contributed by atoms with E-state index in [0.29, 0.717) is 24.4 Å². The number of rotatable bonds is 6. The van der Waals surface area contributed by atoms with E-state index in [4.69, 9.17) is 21.8 Å². The number of likely N-dealkylation sites (tertiary alicyclic amines) is 1. The van der Waals surface area contributed by atoms with E-state index in [-0.39, 0.29) is 0 Å². The third kappa shape index (κ3) is 4.12. The van der Waals surface area contributed by atoms with Crippen LogP contribution in [0.3, 0.4) is 0 Å². The highest BCUT2D eigenvalue weighted by Gasteiger charge is 2.50. The maximum absolute atomic E-state index is 13.6. The van der Waals surface area contributed by atoms with Gasteiger partial charge in [0, 0.05) is 72.1 Å². The van der Waals surface area contributed by atoms with Crippen molar-refractivity contribution in [2.45, 2.75) is 51.9 Å². The van der Waals surface area contributed by atoms with E-state index in [1.54, 1.807) is 0 Å². The molecular weight excluding hydrogens is 539 g/mol. The normalized spacial score (nSPS) is 20.8. The number of benzene rings is 2. The summed E-state index contributed by atoms with van der Waals surface area (Å²) in [6.07, 6.45) is 6.19. The Hall–Kier alpha value is -3.27. The van der Waals surface area contributed by atoms with Crippen molar-refractivity contribution in [2.24, 2.45) is 5.41 Å². The predicted molar refractivity (Wildman–Crippen MR) is 160 cm³/mol. The van der Waals surface area contributed by atoms with Crippen molar-refractivity contribution in [3.63, 3.8) is 0 Å². The maximum atomic E-state index is 13.6. The molecule has 1 spiro atoms. The van der Waals surface area contributed by atoms with Crippen molar-refractivity contribution < 1.29 is 4.39 Å². The molecule has 0 radical (unpaired) electrons. The Morgan fingerprint density at radius 3 is 2.71 bits per heavy atom. The smallest absolute Gasteiger partial charge is 0.114 e. The molecule has 2 saturated heterocycles. The number of aromatic nitrogens is 6. The van der Waals surface area contributed by atoms with Crippen LogP contribution in [0.1, 0.15) is 36.6 Å². The second-order valence-corrected chi connectivity index (χ2v) is 12.9. The molecule has 5 aromatic rings. The number of nitrogens with zero attached hydrogens (tertiary/aromatic N) is 6. The highest BCUT2D eigenvalue weighted by Crippen LogP contribution is 2.53. The first-order chi connectivity index (χ1) is 19.9. The molecule has 41 heavy (non-hydrogen) atoms. The fourth-order valence-electron chi connectivity index (χ4n) is 7.27. The van der Waals surface area contributed by atoms with E-state index < -0.39 is 6.17 Å². The third-order valence-electron chi connectivity index (χ3n) is 9.63. The lowest BCUT2D eigenvalue weighted by molar-refractivity contribution is 0.00164. The minimum atomic E-state index is -0.701. The van der Waals surface area contributed by atoms with Gasteiger partial charge in [-0.3, -0.25) is 19.4 Å². The first kappa shape index (κ1) is 25.4. The Kier molecular flexibility index (Phi) is 5.82. The van der Waals surface area contributed by atoms with Crippen LogP contribution in [-0.2, 0) is 6.54 Å². The second kappa shape index (κ2) is 9.37. The summed E-state index contributed by atoms with van der Waals surface area (Å²) < 4.78 is 17.9. The molecule has 3 fully saturated rings. The molecule has 1 aliphatic carbocycles. The van der Waals surface area contributed by atoms with Gasteiger partial charge in [-0.2, -0.15) is 15.3 Å². The molecule has 3 aliphatic rings. The van der Waals surface area contributed by atoms with Gasteiger partial charge in [-0.15, -0.1) is 0 Å². The van der Waals surface area contributed by atoms with Gasteiger partial charge in [-0.1, -0.05) is 17.7 Å². The fraction of sp³-hybridized carbons (Fsp3) is 0.452. The summed E-state index contributed by atoms with van der Waals surface area (Å²) in [6, 6.07) is 8.84. The molecule has 10 heteroatoms. The van der Waals surface area contributed by atoms with Crippen molar-refractivity contribution in [3.05, 3.63) is 52.9 Å². The SMILES string of the molecule is Cc1cc2[nH]ncc2c(-c2c(-c3ccc4nn(CCN5CCC(F)C5)cc4c3)nn(C3CC4(CNC4)C3)c2C)c1Cl. The first-order valence-electron chi connectivity index (χ1n) is 14.6. The number of hydrogen-bond donors (Lipinski definition) is 2. The molecule has 212 valence electrons. The second-order valence-electron chi connectivity index (χ2n) is 12.5. The highest BCUT2D eigenvalue weighted by molar-refractivity contribution is 6.36. The lowest BCUT2D eigenvalue weighted by Crippen LogP contribution is -2.60. The first-order valence-corrected chi connectivity index (χ1v) is 15.0. The average Bonchev–Trinajstić information content (AvgIpc) is 3.69. The monoisotopic (exact) mass is 572 g/mol. The molecule has 0 amide bonds. The largest absolute Gasteiger partial charge is 0.316 e. The Bertz CT molecular complexity index is 1790. The molecule has 3 aromatic heterocycles. The van der Waals surface area contributed by atoms with E-state index in [9.17, 15) is 4.39 Å². The van der Waals surface area contributed by atoms with E-state index >= 15 is 0 Å². The van der Waals surface area contributed by atoms with Gasteiger partial charge in [0.15, 0.2) is 0 Å². The number of alkyl halides is 1. The minimum absolute atomic E-state index is 0.383. The van der Waals surface area contributed by atoms with Gasteiger partial charge < -0.3 is 5.32 Å². The van der Waals surface area contributed by atoms with Crippen molar-refractivity contribution in [1.82, 2.24) is 40.0 Å². The van der Waals surface area contributed by atoms with E-state index in [0.717, 1.165) is 106 Å². The Balaban J connectivity index is 1.21. The molecule has 1 unspecified atom stereocenters. The van der Waals surface area contributed by atoms with E-state index in [2.05, 4.69) is 62.5 Å². The summed E-state index contributed by atoms with van der Waals surface area (Å²) in [4.78, 5) is 2.18. The van der Waals surface area contributed by atoms with Gasteiger partial charge in [-0.25, -0.2) is 4.39 Å². The molecule has 2 aromatic carbocycles. The van der Waals surface area contributed by atoms with Gasteiger partial charge in [0.25, 0.3) is 0 Å². The van der Waals surface area contributed by atoms with Gasteiger partial charge in [-0.05, 0) is 62.3 Å². The van der Waals surface area contributed by atoms with E-state index in [1.807, 2.05) is 17.8 Å². The molecule has 2 aliphatic heterocycles. The summed E-state index contributed by atoms with van der Waals surface area (Å²) in [5.41, 5.74) is 8.53. The number of hydrogen-bond acceptors (Lipinski definition) is 5. The Morgan fingerprint density at radius 2 is 1.95 bits per heavy atom. The lowest BCUT2D eigenvalue weighted by Gasteiger charge is -2.54. The molecule has 0 bridgehead atoms. The number of aromatic amines is 1. The topological polar surface area (TPSA) is 79.6 Å². The van der Waals surface area contributed by atoms with Crippen LogP contribution in [0.5, 0.6) is 0 Å². The van der Waals surface area contributed by atoms with Gasteiger partial charge in [0.1, 0.15) is 11.9 Å². The molecule has 8 nitrogen and oxygen atoms in total. The maximum Gasteiger partial charge on any atom is 0.114 e. The van der Waals surface area contributed by atoms with E-state index in [1.165, 1.54) is 0 Å². The standard InChI is InChI=1S/C31H34ClFN8/c1-18-9-26-24(13-35-36-26)28(29(18)32)27-19(2)41(23-11-31(12-23)16-34-17-31)38-30(27)20-3-4-25-21(10-20)14-40(37-25)8-7-39-6-5-22(33)15-39/h3-4,9-10,13-14,22-23,34H,5-8,11-12,15-17H2,1-2H3,(H,35,36). The van der Waals surface area contributed by atoms with Crippen LogP contribution in [0.25, 0.3) is 44.2 Å². The lowest BCUT2D eigenvalue weighted by atomic mass is 9.61. The Labute approximate surface area is 242 Å². The predicted octanol–water partition coefficient (Wildman–Crippen LogP) is 5.68. The number of halogens is 2. The zero-order valence-electron chi connectivity index (χ0n) is 23.4. The fourth-order valence-corrected chi connectivity index (χ4v) is 7.52. The van der Waals surface area contributed by atoms with Crippen LogP contribution in [-0.4, -0.2) is 73.6 Å². The summed E-state index contributed by atoms with van der Waals surface area (Å²) in [5.74, 6) is 0. The summed E-state index contributed by atoms with van der Waals surface area (Å²) in [6.45, 7) is 9.33. The molecular formula is C31H34ClFN8. The van der Waals surface area contributed by atoms with Crippen molar-refractivity contribution in [3.8, 4) is 22.4 Å². The number of nitrogens with one attached hydrogen (secondary N) is 2. The third-order valence-corrected chi connectivity index (χ3v) is 10.1. The molecule has 1 saturated carbocycles. The van der Waals surface area contributed by atoms with Gasteiger partial charge in [0.05, 0.1) is 34.8 Å². The quantitative estimate of drug-likeness (QED) is 0.274. The summed E-state index contributed by atoms with van der Waals surface area (Å²) in [7, 11) is 0. The molecule has 5 heterocycles. The zero-order chi connectivity index (χ0) is 27.9. The highest BCUT2D eigenvalue weighted by atomic mass is 35.5. The summed E-state index contributed by atoms with van der Waals surface area (Å²) >= 11 is 7.08. The van der Waals surface area contributed by atoms with Gasteiger partial charge in [0.2, 0.25) is 0 Å². The molecule has 8 rings (SSSR count). The van der Waals surface area contributed by atoms with Gasteiger partial charge >= 0.3 is 0 Å². The van der Waals surface area contributed by atoms with Crippen LogP contribution >= 0.6 is 11.6 Å². The van der Waals surface area contributed by atoms with Crippen LogP contribution in [0.4, 0.5) is 4.39 Å². The van der Waals surface area contributed by atoms with Crippen LogP contribution in [0, 0.1) is 19.3 Å². The minimum Gasteiger partial charge on any atom is -0.316 e. The van der Waals surface area contributed by atoms with Crippen LogP contribution < -0.4 is 5.32 Å². The van der Waals surface area contributed by atoms with Crippen molar-refractivity contribution in [2.75, 3.05) is 32.7 Å².